The van der Waals surface area contributed by atoms with Gasteiger partial charge in [0.2, 0.25) is 5.88 Å². The lowest BCUT2D eigenvalue weighted by molar-refractivity contribution is 0.154. The van der Waals surface area contributed by atoms with E-state index in [0.29, 0.717) is 18.3 Å². The second-order valence-electron chi connectivity index (χ2n) is 4.02. The van der Waals surface area contributed by atoms with Crippen LogP contribution < -0.4 is 10.5 Å². The molecule has 0 aliphatic heterocycles. The molecule has 16 heavy (non-hydrogen) atoms. The van der Waals surface area contributed by atoms with Crippen molar-refractivity contribution in [2.75, 3.05) is 6.54 Å². The summed E-state index contributed by atoms with van der Waals surface area (Å²) in [7, 11) is 0. The molecule has 0 radical (unpaired) electrons. The van der Waals surface area contributed by atoms with Crippen molar-refractivity contribution in [1.29, 1.82) is 0 Å². The number of hydrogen-bond acceptors (Lipinski definition) is 3. The van der Waals surface area contributed by atoms with Crippen LogP contribution in [0.4, 0.5) is 0 Å². The number of nitrogens with two attached hydrogens (primary N) is 1. The van der Waals surface area contributed by atoms with E-state index in [2.05, 4.69) is 36.8 Å². The monoisotopic (exact) mass is 348 g/mol. The molecule has 1 aromatic heterocycles. The number of rotatable bonds is 3. The second-order valence-corrected chi connectivity index (χ2v) is 5.79. The number of aromatic nitrogens is 1. The van der Waals surface area contributed by atoms with Crippen molar-refractivity contribution < 1.29 is 4.74 Å². The Balaban J connectivity index is 2.08. The van der Waals surface area contributed by atoms with Gasteiger partial charge in [0.05, 0.1) is 4.47 Å². The Bertz CT molecular complexity index is 373. The maximum Gasteiger partial charge on any atom is 0.228 e. The first-order chi connectivity index (χ1) is 7.70. The van der Waals surface area contributed by atoms with E-state index < -0.39 is 0 Å². The number of pyridine rings is 1. The molecule has 2 unspecified atom stereocenters. The Morgan fingerprint density at radius 1 is 1.44 bits per heavy atom. The van der Waals surface area contributed by atoms with E-state index in [1.54, 1.807) is 6.20 Å². The topological polar surface area (TPSA) is 48.1 Å². The maximum atomic E-state index is 5.91. The first kappa shape index (κ1) is 12.3. The molecule has 0 amide bonds. The van der Waals surface area contributed by atoms with Crippen molar-refractivity contribution in [2.24, 2.45) is 11.7 Å². The van der Waals surface area contributed by atoms with Crippen LogP contribution in [-0.2, 0) is 0 Å². The van der Waals surface area contributed by atoms with Gasteiger partial charge in [-0.3, -0.25) is 0 Å². The molecule has 1 aliphatic carbocycles. The van der Waals surface area contributed by atoms with Gasteiger partial charge in [0, 0.05) is 16.6 Å². The van der Waals surface area contributed by atoms with E-state index in [1.165, 1.54) is 6.42 Å². The Hall–Kier alpha value is -0.130. The van der Waals surface area contributed by atoms with Crippen LogP contribution in [0.1, 0.15) is 19.3 Å². The quantitative estimate of drug-likeness (QED) is 0.912. The highest BCUT2D eigenvalue weighted by molar-refractivity contribution is 9.11. The Labute approximate surface area is 112 Å². The molecule has 0 aromatic carbocycles. The molecule has 1 saturated carbocycles. The number of ether oxygens (including phenoxy) is 1. The fourth-order valence-corrected chi connectivity index (χ4v) is 3.14. The summed E-state index contributed by atoms with van der Waals surface area (Å²) in [5, 5.41) is 0. The van der Waals surface area contributed by atoms with Crippen molar-refractivity contribution in [2.45, 2.75) is 25.4 Å². The van der Waals surface area contributed by atoms with Crippen LogP contribution in [0.25, 0.3) is 0 Å². The van der Waals surface area contributed by atoms with Crippen molar-refractivity contribution in [3.63, 3.8) is 0 Å². The third-order valence-electron chi connectivity index (χ3n) is 2.93. The Morgan fingerprint density at radius 3 is 2.94 bits per heavy atom. The molecule has 1 heterocycles. The lowest BCUT2D eigenvalue weighted by Crippen LogP contribution is -2.28. The minimum Gasteiger partial charge on any atom is -0.473 e. The van der Waals surface area contributed by atoms with Crippen LogP contribution >= 0.6 is 31.9 Å². The van der Waals surface area contributed by atoms with Gasteiger partial charge in [-0.15, -0.1) is 0 Å². The molecule has 1 fully saturated rings. The first-order valence-electron chi connectivity index (χ1n) is 5.38. The van der Waals surface area contributed by atoms with Crippen molar-refractivity contribution in [1.82, 2.24) is 4.98 Å². The number of nitrogens with zero attached hydrogens (tertiary/aromatic N) is 1. The van der Waals surface area contributed by atoms with Gasteiger partial charge in [-0.05, 0) is 63.7 Å². The average molecular weight is 350 g/mol. The molecule has 0 saturated heterocycles. The van der Waals surface area contributed by atoms with Crippen LogP contribution in [0.5, 0.6) is 5.88 Å². The summed E-state index contributed by atoms with van der Waals surface area (Å²) in [6, 6.07) is 1.94. The van der Waals surface area contributed by atoms with Crippen LogP contribution in [0.2, 0.25) is 0 Å². The van der Waals surface area contributed by atoms with Crippen LogP contribution in [0.3, 0.4) is 0 Å². The van der Waals surface area contributed by atoms with Crippen LogP contribution in [0, 0.1) is 5.92 Å². The zero-order chi connectivity index (χ0) is 11.5. The molecule has 2 atom stereocenters. The van der Waals surface area contributed by atoms with E-state index in [0.717, 1.165) is 21.8 Å². The molecular formula is C11H14Br2N2O. The molecule has 3 nitrogen and oxygen atoms in total. The predicted molar refractivity (Wildman–Crippen MR) is 70.4 cm³/mol. The first-order valence-corrected chi connectivity index (χ1v) is 6.97. The predicted octanol–water partition coefficient (Wildman–Crippen LogP) is 3.11. The zero-order valence-electron chi connectivity index (χ0n) is 8.83. The fourth-order valence-electron chi connectivity index (χ4n) is 2.06. The van der Waals surface area contributed by atoms with Crippen molar-refractivity contribution in [3.8, 4) is 5.88 Å². The van der Waals surface area contributed by atoms with Gasteiger partial charge >= 0.3 is 0 Å². The van der Waals surface area contributed by atoms with Gasteiger partial charge in [0.15, 0.2) is 0 Å². The Morgan fingerprint density at radius 2 is 2.25 bits per heavy atom. The average Bonchev–Trinajstić information content (AvgIpc) is 2.69. The molecule has 0 spiro atoms. The van der Waals surface area contributed by atoms with Gasteiger partial charge in [0.1, 0.15) is 6.10 Å². The molecule has 5 heteroatoms. The minimum absolute atomic E-state index is 0.218. The molecule has 1 aromatic rings. The van der Waals surface area contributed by atoms with E-state index in [-0.39, 0.29) is 6.10 Å². The van der Waals surface area contributed by atoms with E-state index in [9.17, 15) is 0 Å². The summed E-state index contributed by atoms with van der Waals surface area (Å²) < 4.78 is 7.72. The zero-order valence-corrected chi connectivity index (χ0v) is 12.0. The normalized spacial score (nSPS) is 24.7. The highest BCUT2D eigenvalue weighted by Crippen LogP contribution is 2.32. The largest absolute Gasteiger partial charge is 0.473 e. The Kier molecular flexibility index (Phi) is 4.21. The number of halogens is 2. The van der Waals surface area contributed by atoms with Crippen LogP contribution in [0.15, 0.2) is 21.2 Å². The molecular weight excluding hydrogens is 336 g/mol. The summed E-state index contributed by atoms with van der Waals surface area (Å²) >= 11 is 6.81. The minimum atomic E-state index is 0.218. The third-order valence-corrected chi connectivity index (χ3v) is 3.93. The van der Waals surface area contributed by atoms with E-state index >= 15 is 0 Å². The van der Waals surface area contributed by atoms with Gasteiger partial charge in [-0.1, -0.05) is 0 Å². The summed E-state index contributed by atoms with van der Waals surface area (Å²) in [5.74, 6) is 1.13. The number of hydrogen-bond donors (Lipinski definition) is 1. The van der Waals surface area contributed by atoms with Crippen molar-refractivity contribution >= 4 is 31.9 Å². The lowest BCUT2D eigenvalue weighted by Gasteiger charge is -2.19. The van der Waals surface area contributed by atoms with Crippen LogP contribution in [-0.4, -0.2) is 17.6 Å². The van der Waals surface area contributed by atoms with Gasteiger partial charge < -0.3 is 10.5 Å². The summed E-state index contributed by atoms with van der Waals surface area (Å²) in [4.78, 5) is 4.25. The third kappa shape index (κ3) is 2.76. The van der Waals surface area contributed by atoms with Gasteiger partial charge in [-0.25, -0.2) is 4.98 Å². The molecule has 0 bridgehead atoms. The van der Waals surface area contributed by atoms with Gasteiger partial charge in [-0.2, -0.15) is 0 Å². The fraction of sp³-hybridized carbons (Fsp3) is 0.545. The molecule has 2 rings (SSSR count). The summed E-state index contributed by atoms with van der Waals surface area (Å²) in [6.07, 6.45) is 5.39. The van der Waals surface area contributed by atoms with E-state index in [1.807, 2.05) is 6.07 Å². The van der Waals surface area contributed by atoms with E-state index in [4.69, 9.17) is 10.5 Å². The molecule has 88 valence electrons. The maximum absolute atomic E-state index is 5.91. The highest BCUT2D eigenvalue weighted by atomic mass is 79.9. The SMILES string of the molecule is NCC1CCCC1Oc1ncc(Br)cc1Br. The summed E-state index contributed by atoms with van der Waals surface area (Å²) in [5.41, 5.74) is 5.72. The lowest BCUT2D eigenvalue weighted by atomic mass is 10.1. The summed E-state index contributed by atoms with van der Waals surface area (Å²) in [6.45, 7) is 0.693. The second kappa shape index (κ2) is 5.47. The highest BCUT2D eigenvalue weighted by Gasteiger charge is 2.28. The molecule has 1 aliphatic rings. The van der Waals surface area contributed by atoms with Gasteiger partial charge in [0.25, 0.3) is 0 Å². The standard InChI is InChI=1S/C11H14Br2N2O/c12-8-4-9(13)11(15-6-8)16-10-3-1-2-7(10)5-14/h4,6-7,10H,1-3,5,14H2. The van der Waals surface area contributed by atoms with Crippen molar-refractivity contribution in [3.05, 3.63) is 21.2 Å². The smallest absolute Gasteiger partial charge is 0.228 e. The molecule has 2 N–H and O–H groups in total.